The molecule has 0 unspecified atom stereocenters. The summed E-state index contributed by atoms with van der Waals surface area (Å²) in [6.07, 6.45) is 3.34. The number of rotatable bonds is 5. The summed E-state index contributed by atoms with van der Waals surface area (Å²) in [7, 11) is 0. The van der Waals surface area contributed by atoms with Gasteiger partial charge in [-0.05, 0) is 55.5 Å². The van der Waals surface area contributed by atoms with E-state index < -0.39 is 12.2 Å². The minimum Gasteiger partial charge on any atom is -0.441 e. The molecule has 0 saturated heterocycles. The summed E-state index contributed by atoms with van der Waals surface area (Å²) in [5, 5.41) is 7.50. The average Bonchev–Trinajstić information content (AvgIpc) is 3.67. The second-order valence-corrected chi connectivity index (χ2v) is 9.92. The maximum absolute atomic E-state index is 12.7. The van der Waals surface area contributed by atoms with Gasteiger partial charge in [-0.15, -0.1) is 6.07 Å². The molecule has 7 heteroatoms. The first-order chi connectivity index (χ1) is 17.5. The zero-order valence-corrected chi connectivity index (χ0v) is 24.0. The van der Waals surface area contributed by atoms with Crippen molar-refractivity contribution >= 4 is 23.4 Å². The van der Waals surface area contributed by atoms with Crippen molar-refractivity contribution in [2.75, 3.05) is 5.32 Å². The molecule has 6 rings (SSSR count). The molecule has 3 aromatic carbocycles. The van der Waals surface area contributed by atoms with Crippen LogP contribution in [0.1, 0.15) is 53.8 Å². The number of anilines is 1. The monoisotopic (exact) mass is 520 g/mol. The fourth-order valence-electron chi connectivity index (χ4n) is 4.98. The first kappa shape index (κ1) is 25.9. The van der Waals surface area contributed by atoms with E-state index in [1.807, 2.05) is 24.3 Å². The largest absolute Gasteiger partial charge is 1.00 e. The van der Waals surface area contributed by atoms with Gasteiger partial charge in [0, 0.05) is 16.1 Å². The molecule has 1 saturated carbocycles. The van der Waals surface area contributed by atoms with E-state index in [9.17, 15) is 4.79 Å². The van der Waals surface area contributed by atoms with E-state index in [0.29, 0.717) is 22.2 Å². The summed E-state index contributed by atoms with van der Waals surface area (Å²) >= 11 is 6.25. The van der Waals surface area contributed by atoms with Crippen LogP contribution in [0.25, 0.3) is 22.5 Å². The molecule has 4 aromatic rings. The van der Waals surface area contributed by atoms with Crippen LogP contribution in [0.2, 0.25) is 5.02 Å². The number of aryl methyl sites for hydroxylation is 3. The van der Waals surface area contributed by atoms with Crippen LogP contribution in [-0.4, -0.2) is 11.2 Å². The Balaban J connectivity index is 0.00000280. The molecule has 2 aliphatic carbocycles. The van der Waals surface area contributed by atoms with Crippen LogP contribution in [0.3, 0.4) is 0 Å². The van der Waals surface area contributed by atoms with Crippen molar-refractivity contribution in [1.29, 1.82) is 0 Å². The first-order valence-electron chi connectivity index (χ1n) is 12.3. The van der Waals surface area contributed by atoms with Gasteiger partial charge in [0.05, 0.1) is 0 Å². The van der Waals surface area contributed by atoms with Gasteiger partial charge >= 0.3 is 35.7 Å². The molecule has 0 spiro atoms. The van der Waals surface area contributed by atoms with Crippen LogP contribution in [-0.2, 0) is 17.6 Å². The van der Waals surface area contributed by atoms with Gasteiger partial charge in [0.2, 0.25) is 0 Å². The van der Waals surface area contributed by atoms with Crippen LogP contribution in [0.5, 0.6) is 0 Å². The fourth-order valence-corrected chi connectivity index (χ4v) is 5.27. The molecule has 0 radical (unpaired) electrons. The molecule has 1 N–H and O–H groups in total. The number of ether oxygens (including phenoxy) is 1. The van der Waals surface area contributed by atoms with E-state index in [0.717, 1.165) is 24.0 Å². The van der Waals surface area contributed by atoms with Gasteiger partial charge in [0.25, 0.3) is 0 Å². The number of amides is 1. The van der Waals surface area contributed by atoms with E-state index in [2.05, 4.69) is 40.8 Å². The van der Waals surface area contributed by atoms with E-state index in [4.69, 9.17) is 20.9 Å². The van der Waals surface area contributed by atoms with E-state index in [1.165, 1.54) is 40.7 Å². The second-order valence-electron chi connectivity index (χ2n) is 9.51. The number of aromatic nitrogens is 1. The number of hydrogen-bond acceptors (Lipinski definition) is 4. The Bertz CT molecular complexity index is 1480. The molecule has 37 heavy (non-hydrogen) atoms. The molecular weight excluding hydrogens is 495 g/mol. The topological polar surface area (TPSA) is 64.4 Å². The van der Waals surface area contributed by atoms with E-state index in [1.54, 1.807) is 25.8 Å². The van der Waals surface area contributed by atoms with Crippen LogP contribution in [0.15, 0.2) is 65.2 Å². The molecule has 182 valence electrons. The number of nitrogens with one attached hydrogen (secondary N) is 1. The Kier molecular flexibility index (Phi) is 7.42. The molecule has 1 fully saturated rings. The third-order valence-electron chi connectivity index (χ3n) is 7.05. The van der Waals surface area contributed by atoms with Crippen molar-refractivity contribution in [3.8, 4) is 22.5 Å². The Morgan fingerprint density at radius 1 is 1.05 bits per heavy atom. The van der Waals surface area contributed by atoms with Crippen molar-refractivity contribution in [2.45, 2.75) is 45.6 Å². The summed E-state index contributed by atoms with van der Waals surface area (Å²) in [5.41, 5.74) is 9.35. The Labute approximate surface area is 243 Å². The molecular formula is C30H26ClN2NaO3. The number of benzene rings is 3. The summed E-state index contributed by atoms with van der Waals surface area (Å²) in [4.78, 5) is 12.7. The number of carbonyl (C=O) groups excluding carboxylic acids is 1. The molecule has 5 nitrogen and oxygen atoms in total. The Morgan fingerprint density at radius 2 is 1.76 bits per heavy atom. The quantitative estimate of drug-likeness (QED) is 0.294. The van der Waals surface area contributed by atoms with Gasteiger partial charge < -0.3 is 9.26 Å². The third kappa shape index (κ3) is 5.19. The maximum atomic E-state index is 12.7. The second kappa shape index (κ2) is 10.6. The van der Waals surface area contributed by atoms with Crippen molar-refractivity contribution in [3.63, 3.8) is 0 Å². The smallest absolute Gasteiger partial charge is 0.441 e. The molecule has 0 bridgehead atoms. The molecule has 1 aromatic heterocycles. The molecule has 2 aliphatic rings. The summed E-state index contributed by atoms with van der Waals surface area (Å²) in [5.74, 6) is 2.09. The third-order valence-corrected chi connectivity index (χ3v) is 7.40. The Hall–Kier alpha value is -2.70. The van der Waals surface area contributed by atoms with E-state index >= 15 is 0 Å². The van der Waals surface area contributed by atoms with Gasteiger partial charge in [-0.25, -0.2) is 4.79 Å². The average molecular weight is 521 g/mol. The fraction of sp³-hybridized carbons (Fsp3) is 0.233. The standard InChI is InChI=1S/C30H26ClN2O3.Na/c1-17-28(32-30(34)35-18(2)24-5-3-4-6-27(24)31)29(36-33-17)23-12-14-26-22(16-23)10-9-21-15-20(19-7-8-19)11-13-25(21)26;/h3-6,11-16,18H,7-10H2,1-2H3,(H,32,34);/q-1;+1/t18-;/m1./s1. The molecule has 1 atom stereocenters. The molecule has 1 amide bonds. The predicted molar refractivity (Wildman–Crippen MR) is 141 cm³/mol. The van der Waals surface area contributed by atoms with Crippen LogP contribution in [0, 0.1) is 12.8 Å². The molecule has 0 aliphatic heterocycles. The predicted octanol–water partition coefficient (Wildman–Crippen LogP) is 5.10. The summed E-state index contributed by atoms with van der Waals surface area (Å²) < 4.78 is 11.2. The minimum atomic E-state index is -0.591. The number of nitrogens with zero attached hydrogens (tertiary/aromatic N) is 1. The van der Waals surface area contributed by atoms with Gasteiger partial charge in [-0.2, -0.15) is 23.6 Å². The number of hydrogen-bond donors (Lipinski definition) is 1. The van der Waals surface area contributed by atoms with Crippen molar-refractivity contribution < 1.29 is 43.6 Å². The normalized spacial score (nSPS) is 14.2. The zero-order valence-electron chi connectivity index (χ0n) is 21.2. The number of carbonyl (C=O) groups is 1. The van der Waals surface area contributed by atoms with E-state index in [-0.39, 0.29) is 29.6 Å². The van der Waals surface area contributed by atoms with Gasteiger partial charge in [-0.3, -0.25) is 5.32 Å². The SMILES string of the molecule is Cc1noc(-c2ccc3c(c2)CCc2cc([C-]4CC4)ccc2-3)c1NC(=O)O[C@H](C)c1ccccc1Cl.[Na+]. The summed E-state index contributed by atoms with van der Waals surface area (Å²) in [6.45, 7) is 3.58. The van der Waals surface area contributed by atoms with Crippen molar-refractivity contribution in [1.82, 2.24) is 5.16 Å². The van der Waals surface area contributed by atoms with Gasteiger partial charge in [-0.1, -0.05) is 65.5 Å². The van der Waals surface area contributed by atoms with Gasteiger partial charge in [0.15, 0.2) is 5.76 Å². The van der Waals surface area contributed by atoms with Crippen molar-refractivity contribution in [3.05, 3.63) is 99.6 Å². The summed E-state index contributed by atoms with van der Waals surface area (Å²) in [6, 6.07) is 20.5. The molecule has 1 heterocycles. The van der Waals surface area contributed by atoms with Crippen LogP contribution >= 0.6 is 11.6 Å². The number of fused-ring (bicyclic) bond motifs is 3. The number of halogens is 1. The Morgan fingerprint density at radius 3 is 2.49 bits per heavy atom. The zero-order chi connectivity index (χ0) is 24.8. The van der Waals surface area contributed by atoms with Gasteiger partial charge in [0.1, 0.15) is 17.5 Å². The van der Waals surface area contributed by atoms with Crippen molar-refractivity contribution in [2.24, 2.45) is 0 Å². The maximum Gasteiger partial charge on any atom is 1.00 e. The minimum absolute atomic E-state index is 0. The van der Waals surface area contributed by atoms with Crippen LogP contribution < -0.4 is 34.9 Å². The first-order valence-corrected chi connectivity index (χ1v) is 12.7. The van der Waals surface area contributed by atoms with Crippen LogP contribution in [0.4, 0.5) is 10.5 Å².